The van der Waals surface area contributed by atoms with Crippen LogP contribution in [0.25, 0.3) is 0 Å². The first-order valence-electron chi connectivity index (χ1n) is 8.15. The van der Waals surface area contributed by atoms with E-state index in [0.29, 0.717) is 12.5 Å². The topological polar surface area (TPSA) is 42.2 Å². The summed E-state index contributed by atoms with van der Waals surface area (Å²) in [6, 6.07) is 7.69. The number of alkyl halides is 3. The van der Waals surface area contributed by atoms with Crippen LogP contribution in [0.1, 0.15) is 31.2 Å². The van der Waals surface area contributed by atoms with Gasteiger partial charge in [0, 0.05) is 6.08 Å². The van der Waals surface area contributed by atoms with Crippen molar-refractivity contribution in [1.29, 1.82) is 5.26 Å². The molecule has 0 amide bonds. The summed E-state index contributed by atoms with van der Waals surface area (Å²) in [5.41, 5.74) is 0.818. The van der Waals surface area contributed by atoms with E-state index in [1.165, 1.54) is 18.2 Å². The van der Waals surface area contributed by atoms with E-state index in [2.05, 4.69) is 10.8 Å². The minimum Gasteiger partial charge on any atom is -0.406 e. The summed E-state index contributed by atoms with van der Waals surface area (Å²) in [6.45, 7) is 0.377. The molecule has 0 aromatic heterocycles. The van der Waals surface area contributed by atoms with E-state index < -0.39 is 6.36 Å². The van der Waals surface area contributed by atoms with Gasteiger partial charge in [-0.2, -0.15) is 5.26 Å². The molecule has 0 atom stereocenters. The SMILES string of the molecule is N#C/C=C/C=C/[C@H]1CC[C@H](OCc2ccc(OC(F)(F)F)cc2)CC1. The van der Waals surface area contributed by atoms with Crippen molar-refractivity contribution in [2.75, 3.05) is 0 Å². The molecule has 0 saturated heterocycles. The molecule has 0 aliphatic heterocycles. The van der Waals surface area contributed by atoms with Crippen molar-refractivity contribution in [3.05, 3.63) is 54.1 Å². The van der Waals surface area contributed by atoms with Crippen molar-refractivity contribution < 1.29 is 22.6 Å². The van der Waals surface area contributed by atoms with Crippen LogP contribution in [0.3, 0.4) is 0 Å². The second-order valence-corrected chi connectivity index (χ2v) is 5.91. The maximum atomic E-state index is 12.1. The summed E-state index contributed by atoms with van der Waals surface area (Å²) < 4.78 is 46.0. The Morgan fingerprint density at radius 2 is 1.76 bits per heavy atom. The Morgan fingerprint density at radius 1 is 1.08 bits per heavy atom. The molecule has 25 heavy (non-hydrogen) atoms. The molecule has 1 aliphatic carbocycles. The maximum Gasteiger partial charge on any atom is 0.573 e. The molecule has 0 radical (unpaired) electrons. The predicted octanol–water partition coefficient (Wildman–Crippen LogP) is 5.30. The molecule has 6 heteroatoms. The van der Waals surface area contributed by atoms with Gasteiger partial charge in [-0.3, -0.25) is 0 Å². The van der Waals surface area contributed by atoms with Gasteiger partial charge in [0.2, 0.25) is 0 Å². The molecule has 1 saturated carbocycles. The van der Waals surface area contributed by atoms with E-state index in [0.717, 1.165) is 31.2 Å². The van der Waals surface area contributed by atoms with Crippen molar-refractivity contribution in [1.82, 2.24) is 0 Å². The van der Waals surface area contributed by atoms with Crippen molar-refractivity contribution in [3.8, 4) is 11.8 Å². The largest absolute Gasteiger partial charge is 0.573 e. The van der Waals surface area contributed by atoms with Gasteiger partial charge in [-0.1, -0.05) is 30.4 Å². The maximum absolute atomic E-state index is 12.1. The Balaban J connectivity index is 1.71. The molecular weight excluding hydrogens is 331 g/mol. The number of allylic oxidation sites excluding steroid dienone is 4. The summed E-state index contributed by atoms with van der Waals surface area (Å²) in [5.74, 6) is 0.274. The number of benzene rings is 1. The highest BCUT2D eigenvalue weighted by molar-refractivity contribution is 5.27. The first kappa shape index (κ1) is 19.1. The van der Waals surface area contributed by atoms with Crippen LogP contribution >= 0.6 is 0 Å². The Kier molecular flexibility index (Phi) is 7.08. The van der Waals surface area contributed by atoms with Gasteiger partial charge >= 0.3 is 6.36 Å². The summed E-state index contributed by atoms with van der Waals surface area (Å²) in [4.78, 5) is 0. The lowest BCUT2D eigenvalue weighted by Crippen LogP contribution is -2.20. The van der Waals surface area contributed by atoms with Gasteiger partial charge in [-0.25, -0.2) is 0 Å². The van der Waals surface area contributed by atoms with E-state index in [1.54, 1.807) is 18.2 Å². The zero-order valence-corrected chi connectivity index (χ0v) is 13.7. The smallest absolute Gasteiger partial charge is 0.406 e. The van der Waals surface area contributed by atoms with Crippen LogP contribution < -0.4 is 4.74 Å². The van der Waals surface area contributed by atoms with Gasteiger partial charge in [0.25, 0.3) is 0 Å². The van der Waals surface area contributed by atoms with E-state index >= 15 is 0 Å². The molecule has 1 aliphatic rings. The monoisotopic (exact) mass is 351 g/mol. The van der Waals surface area contributed by atoms with Crippen LogP contribution in [0.5, 0.6) is 5.75 Å². The Hall–Kier alpha value is -2.26. The van der Waals surface area contributed by atoms with Gasteiger partial charge in [0.1, 0.15) is 5.75 Å². The Labute approximate surface area is 145 Å². The fourth-order valence-electron chi connectivity index (χ4n) is 2.77. The molecule has 1 aromatic rings. The third-order valence-corrected chi connectivity index (χ3v) is 4.03. The molecule has 0 unspecified atom stereocenters. The zero-order valence-electron chi connectivity index (χ0n) is 13.7. The van der Waals surface area contributed by atoms with Crippen molar-refractivity contribution >= 4 is 0 Å². The number of ether oxygens (including phenoxy) is 2. The van der Waals surface area contributed by atoms with Crippen molar-refractivity contribution in [2.24, 2.45) is 5.92 Å². The first-order valence-corrected chi connectivity index (χ1v) is 8.15. The molecule has 2 rings (SSSR count). The summed E-state index contributed by atoms with van der Waals surface area (Å²) in [7, 11) is 0. The molecule has 1 fully saturated rings. The second-order valence-electron chi connectivity index (χ2n) is 5.91. The normalized spacial score (nSPS) is 21.5. The van der Waals surface area contributed by atoms with E-state index in [-0.39, 0.29) is 11.9 Å². The van der Waals surface area contributed by atoms with Gasteiger partial charge in [-0.05, 0) is 49.3 Å². The first-order chi connectivity index (χ1) is 12.0. The number of hydrogen-bond acceptors (Lipinski definition) is 3. The van der Waals surface area contributed by atoms with Gasteiger partial charge in [0.15, 0.2) is 0 Å². The third kappa shape index (κ3) is 7.44. The van der Waals surface area contributed by atoms with E-state index in [1.807, 2.05) is 12.1 Å². The number of nitriles is 1. The number of rotatable bonds is 6. The van der Waals surface area contributed by atoms with Crippen molar-refractivity contribution in [2.45, 2.75) is 44.8 Å². The molecule has 134 valence electrons. The summed E-state index contributed by atoms with van der Waals surface area (Å²) in [6.07, 6.45) is 6.65. The summed E-state index contributed by atoms with van der Waals surface area (Å²) >= 11 is 0. The van der Waals surface area contributed by atoms with Crippen molar-refractivity contribution in [3.63, 3.8) is 0 Å². The minimum absolute atomic E-state index is 0.172. The Morgan fingerprint density at radius 3 is 2.36 bits per heavy atom. The molecule has 0 bridgehead atoms. The highest BCUT2D eigenvalue weighted by Gasteiger charge is 2.31. The standard InChI is InChI=1S/C19H20F3NO2/c20-19(21,22)25-18-11-7-16(8-12-18)14-24-17-9-5-15(6-10-17)4-2-1-3-13-23/h1-4,7-8,11-12,15,17H,5-6,9-10,14H2/b3-1+,4-2+/t15-,17-. The second kappa shape index (κ2) is 9.28. The highest BCUT2D eigenvalue weighted by Crippen LogP contribution is 2.28. The molecule has 0 spiro atoms. The number of halogens is 3. The molecular formula is C19H20F3NO2. The van der Waals surface area contributed by atoms with Crippen LogP contribution in [0.2, 0.25) is 0 Å². The van der Waals surface area contributed by atoms with Crippen LogP contribution in [0, 0.1) is 17.2 Å². The average molecular weight is 351 g/mol. The fraction of sp³-hybridized carbons (Fsp3) is 0.421. The lowest BCUT2D eigenvalue weighted by Gasteiger charge is -2.26. The summed E-state index contributed by atoms with van der Waals surface area (Å²) in [5, 5.41) is 8.41. The predicted molar refractivity (Wildman–Crippen MR) is 87.6 cm³/mol. The quantitative estimate of drug-likeness (QED) is 0.516. The fourth-order valence-corrected chi connectivity index (χ4v) is 2.77. The average Bonchev–Trinajstić information content (AvgIpc) is 2.58. The van der Waals surface area contributed by atoms with Gasteiger partial charge in [-0.15, -0.1) is 13.2 Å². The lowest BCUT2D eigenvalue weighted by molar-refractivity contribution is -0.274. The molecule has 3 nitrogen and oxygen atoms in total. The molecule has 0 heterocycles. The van der Waals surface area contributed by atoms with Gasteiger partial charge in [0.05, 0.1) is 18.8 Å². The van der Waals surface area contributed by atoms with E-state index in [9.17, 15) is 13.2 Å². The van der Waals surface area contributed by atoms with Crippen LogP contribution in [0.4, 0.5) is 13.2 Å². The zero-order chi connectivity index (χ0) is 18.1. The Bertz CT molecular complexity index is 622. The van der Waals surface area contributed by atoms with Crippen LogP contribution in [0.15, 0.2) is 48.6 Å². The van der Waals surface area contributed by atoms with E-state index in [4.69, 9.17) is 10.00 Å². The molecule has 0 N–H and O–H groups in total. The number of nitrogens with zero attached hydrogens (tertiary/aromatic N) is 1. The van der Waals surface area contributed by atoms with Gasteiger partial charge < -0.3 is 9.47 Å². The number of hydrogen-bond donors (Lipinski definition) is 0. The van der Waals surface area contributed by atoms with Crippen LogP contribution in [-0.4, -0.2) is 12.5 Å². The van der Waals surface area contributed by atoms with Crippen LogP contribution in [-0.2, 0) is 11.3 Å². The third-order valence-electron chi connectivity index (χ3n) is 4.03. The highest BCUT2D eigenvalue weighted by atomic mass is 19.4. The minimum atomic E-state index is -4.67. The molecule has 1 aromatic carbocycles. The lowest BCUT2D eigenvalue weighted by atomic mass is 9.87.